The van der Waals surface area contributed by atoms with Crippen LogP contribution >= 0.6 is 12.4 Å². The zero-order valence-corrected chi connectivity index (χ0v) is 16.1. The van der Waals surface area contributed by atoms with E-state index in [9.17, 15) is 0 Å². The van der Waals surface area contributed by atoms with Crippen molar-refractivity contribution in [1.82, 2.24) is 24.9 Å². The number of halogens is 1. The summed E-state index contributed by atoms with van der Waals surface area (Å²) in [4.78, 5) is 6.95. The van der Waals surface area contributed by atoms with Crippen LogP contribution < -0.4 is 5.32 Å². The Kier molecular flexibility index (Phi) is 5.46. The van der Waals surface area contributed by atoms with Crippen molar-refractivity contribution in [3.05, 3.63) is 53.6 Å². The Morgan fingerprint density at radius 2 is 1.96 bits per heavy atom. The second kappa shape index (κ2) is 7.61. The monoisotopic (exact) mass is 373 g/mol. The molecule has 0 spiro atoms. The standard InChI is InChI=1S/C19H23N5O.ClH/c1-13-11-16(14(2)24(13)15-7-5-4-6-8-15)19-21-18(22-25-19)17-12-20-9-10-23(17)3;/h4-8,11,17,20H,9-10,12H2,1-3H3;1H. The van der Waals surface area contributed by atoms with E-state index in [2.05, 4.69) is 59.0 Å². The molecule has 1 aliphatic rings. The third-order valence-corrected chi connectivity index (χ3v) is 4.93. The summed E-state index contributed by atoms with van der Waals surface area (Å²) in [6, 6.07) is 12.6. The highest BCUT2D eigenvalue weighted by Crippen LogP contribution is 2.29. The van der Waals surface area contributed by atoms with Gasteiger partial charge in [0.05, 0.1) is 11.6 Å². The first kappa shape index (κ1) is 18.6. The number of aromatic nitrogens is 3. The van der Waals surface area contributed by atoms with E-state index in [4.69, 9.17) is 9.51 Å². The van der Waals surface area contributed by atoms with Crippen LogP contribution in [0.4, 0.5) is 0 Å². The summed E-state index contributed by atoms with van der Waals surface area (Å²) >= 11 is 0. The fourth-order valence-corrected chi connectivity index (χ4v) is 3.53. The van der Waals surface area contributed by atoms with Crippen LogP contribution in [0, 0.1) is 13.8 Å². The van der Waals surface area contributed by atoms with Crippen LogP contribution in [0.5, 0.6) is 0 Å². The van der Waals surface area contributed by atoms with Gasteiger partial charge in [-0.1, -0.05) is 23.4 Å². The zero-order valence-electron chi connectivity index (χ0n) is 15.3. The molecule has 1 aliphatic heterocycles. The smallest absolute Gasteiger partial charge is 0.259 e. The lowest BCUT2D eigenvalue weighted by molar-refractivity contribution is 0.190. The molecule has 1 unspecified atom stereocenters. The largest absolute Gasteiger partial charge is 0.334 e. The highest BCUT2D eigenvalue weighted by atomic mass is 35.5. The lowest BCUT2D eigenvalue weighted by atomic mass is 10.2. The van der Waals surface area contributed by atoms with Crippen LogP contribution in [-0.2, 0) is 0 Å². The molecule has 3 aromatic rings. The summed E-state index contributed by atoms with van der Waals surface area (Å²) in [5.41, 5.74) is 4.38. The summed E-state index contributed by atoms with van der Waals surface area (Å²) in [6.45, 7) is 7.01. The van der Waals surface area contributed by atoms with Gasteiger partial charge in [0, 0.05) is 36.7 Å². The van der Waals surface area contributed by atoms with Crippen molar-refractivity contribution in [3.8, 4) is 17.1 Å². The van der Waals surface area contributed by atoms with Gasteiger partial charge in [0.15, 0.2) is 5.82 Å². The quantitative estimate of drug-likeness (QED) is 0.764. The SMILES string of the molecule is Cc1cc(-c2nc(C3CNCCN3C)no2)c(C)n1-c1ccccc1.Cl. The number of para-hydroxylation sites is 1. The van der Waals surface area contributed by atoms with Gasteiger partial charge in [0.1, 0.15) is 0 Å². The van der Waals surface area contributed by atoms with E-state index in [1.165, 1.54) is 0 Å². The fourth-order valence-electron chi connectivity index (χ4n) is 3.53. The second-order valence-electron chi connectivity index (χ2n) is 6.61. The van der Waals surface area contributed by atoms with Crippen molar-refractivity contribution >= 4 is 12.4 Å². The maximum absolute atomic E-state index is 5.61. The van der Waals surface area contributed by atoms with Gasteiger partial charge in [-0.25, -0.2) is 0 Å². The van der Waals surface area contributed by atoms with Crippen LogP contribution in [0.3, 0.4) is 0 Å². The Labute approximate surface area is 159 Å². The van der Waals surface area contributed by atoms with Gasteiger partial charge in [-0.3, -0.25) is 4.90 Å². The molecule has 138 valence electrons. The molecule has 0 bridgehead atoms. The van der Waals surface area contributed by atoms with Crippen LogP contribution in [0.2, 0.25) is 0 Å². The molecule has 1 atom stereocenters. The van der Waals surface area contributed by atoms with Gasteiger partial charge in [-0.05, 0) is 39.1 Å². The van der Waals surface area contributed by atoms with E-state index in [1.807, 2.05) is 18.2 Å². The van der Waals surface area contributed by atoms with Crippen LogP contribution in [0.25, 0.3) is 17.1 Å². The predicted octanol–water partition coefficient (Wildman–Crippen LogP) is 3.14. The topological polar surface area (TPSA) is 59.1 Å². The number of hydrogen-bond donors (Lipinski definition) is 1. The molecule has 0 radical (unpaired) electrons. The average Bonchev–Trinajstić information content (AvgIpc) is 3.21. The third kappa shape index (κ3) is 3.28. The summed E-state index contributed by atoms with van der Waals surface area (Å²) in [7, 11) is 2.10. The molecule has 4 rings (SSSR count). The molecule has 1 aromatic carbocycles. The zero-order chi connectivity index (χ0) is 17.4. The number of rotatable bonds is 3. The Bertz CT molecular complexity index is 873. The Morgan fingerprint density at radius 3 is 2.69 bits per heavy atom. The maximum atomic E-state index is 5.61. The van der Waals surface area contributed by atoms with E-state index in [-0.39, 0.29) is 18.4 Å². The third-order valence-electron chi connectivity index (χ3n) is 4.93. The number of piperazine rings is 1. The van der Waals surface area contributed by atoms with Crippen LogP contribution in [0.1, 0.15) is 23.3 Å². The minimum atomic E-state index is 0. The molecule has 0 aliphatic carbocycles. The number of likely N-dealkylation sites (N-methyl/N-ethyl adjacent to an activating group) is 1. The minimum absolute atomic E-state index is 0. The highest BCUT2D eigenvalue weighted by Gasteiger charge is 2.26. The molecular formula is C19H24ClN5O. The average molecular weight is 374 g/mol. The molecule has 1 saturated heterocycles. The Hall–Kier alpha value is -2.15. The first-order valence-corrected chi connectivity index (χ1v) is 8.64. The maximum Gasteiger partial charge on any atom is 0.259 e. The molecule has 0 saturated carbocycles. The first-order chi connectivity index (χ1) is 12.1. The van der Waals surface area contributed by atoms with Gasteiger partial charge in [-0.2, -0.15) is 4.98 Å². The van der Waals surface area contributed by atoms with E-state index >= 15 is 0 Å². The molecule has 7 heteroatoms. The molecule has 1 fully saturated rings. The predicted molar refractivity (Wildman–Crippen MR) is 104 cm³/mol. The molecule has 0 amide bonds. The molecule has 26 heavy (non-hydrogen) atoms. The number of nitrogens with one attached hydrogen (secondary N) is 1. The van der Waals surface area contributed by atoms with Crippen molar-refractivity contribution in [2.75, 3.05) is 26.7 Å². The van der Waals surface area contributed by atoms with Crippen molar-refractivity contribution < 1.29 is 4.52 Å². The molecule has 1 N–H and O–H groups in total. The van der Waals surface area contributed by atoms with E-state index in [0.717, 1.165) is 48.1 Å². The molecular weight excluding hydrogens is 350 g/mol. The molecule has 6 nitrogen and oxygen atoms in total. The lowest BCUT2D eigenvalue weighted by Crippen LogP contribution is -2.44. The highest BCUT2D eigenvalue weighted by molar-refractivity contribution is 5.85. The van der Waals surface area contributed by atoms with Gasteiger partial charge < -0.3 is 14.4 Å². The van der Waals surface area contributed by atoms with E-state index in [1.54, 1.807) is 0 Å². The van der Waals surface area contributed by atoms with Crippen molar-refractivity contribution in [3.63, 3.8) is 0 Å². The van der Waals surface area contributed by atoms with Gasteiger partial charge >= 0.3 is 0 Å². The molecule has 3 heterocycles. The fraction of sp³-hybridized carbons (Fsp3) is 0.368. The van der Waals surface area contributed by atoms with Crippen LogP contribution in [-0.4, -0.2) is 46.3 Å². The second-order valence-corrected chi connectivity index (χ2v) is 6.61. The summed E-state index contributed by atoms with van der Waals surface area (Å²) in [6.07, 6.45) is 0. The summed E-state index contributed by atoms with van der Waals surface area (Å²) in [5.74, 6) is 1.33. The number of aryl methyl sites for hydroxylation is 1. The summed E-state index contributed by atoms with van der Waals surface area (Å²) < 4.78 is 7.82. The van der Waals surface area contributed by atoms with Gasteiger partial charge in [0.2, 0.25) is 0 Å². The lowest BCUT2D eigenvalue weighted by Gasteiger charge is -2.30. The Balaban J connectivity index is 0.00000196. The number of nitrogens with zero attached hydrogens (tertiary/aromatic N) is 4. The number of benzene rings is 1. The normalized spacial score (nSPS) is 17.9. The summed E-state index contributed by atoms with van der Waals surface area (Å²) in [5, 5.41) is 7.63. The van der Waals surface area contributed by atoms with Gasteiger partial charge in [-0.15, -0.1) is 12.4 Å². The van der Waals surface area contributed by atoms with Crippen molar-refractivity contribution in [1.29, 1.82) is 0 Å². The Morgan fingerprint density at radius 1 is 1.19 bits per heavy atom. The molecule has 2 aromatic heterocycles. The van der Waals surface area contributed by atoms with Crippen molar-refractivity contribution in [2.24, 2.45) is 0 Å². The minimum Gasteiger partial charge on any atom is -0.334 e. The number of hydrogen-bond acceptors (Lipinski definition) is 5. The van der Waals surface area contributed by atoms with E-state index < -0.39 is 0 Å². The van der Waals surface area contributed by atoms with Crippen molar-refractivity contribution in [2.45, 2.75) is 19.9 Å². The van der Waals surface area contributed by atoms with Gasteiger partial charge in [0.25, 0.3) is 5.89 Å². The van der Waals surface area contributed by atoms with Crippen LogP contribution in [0.15, 0.2) is 40.9 Å². The first-order valence-electron chi connectivity index (χ1n) is 8.64. The van der Waals surface area contributed by atoms with E-state index in [0.29, 0.717) is 5.89 Å².